The third-order valence-corrected chi connectivity index (χ3v) is 3.80. The summed E-state index contributed by atoms with van der Waals surface area (Å²) in [6.45, 7) is 1.17. The van der Waals surface area contributed by atoms with Crippen LogP contribution in [-0.2, 0) is 11.3 Å². The number of aliphatic hydroxyl groups excluding tert-OH is 1. The van der Waals surface area contributed by atoms with E-state index in [0.717, 1.165) is 25.8 Å². The van der Waals surface area contributed by atoms with Gasteiger partial charge in [0, 0.05) is 25.4 Å². The lowest BCUT2D eigenvalue weighted by Gasteiger charge is -2.34. The topological polar surface area (TPSA) is 89.5 Å². The van der Waals surface area contributed by atoms with Crippen molar-refractivity contribution in [3.05, 3.63) is 35.9 Å². The van der Waals surface area contributed by atoms with Gasteiger partial charge in [0.2, 0.25) is 0 Å². The summed E-state index contributed by atoms with van der Waals surface area (Å²) in [5.41, 5.74) is 0.0800. The van der Waals surface area contributed by atoms with Gasteiger partial charge >= 0.3 is 0 Å². The molecular weight excluding hydrogens is 282 g/mol. The Morgan fingerprint density at radius 3 is 3.14 bits per heavy atom. The van der Waals surface area contributed by atoms with Crippen LogP contribution in [0.25, 0.3) is 0 Å². The highest BCUT2D eigenvalue weighted by atomic mass is 16.3. The number of amides is 1. The Bertz CT molecular complexity index is 543. The van der Waals surface area contributed by atoms with Gasteiger partial charge in [-0.1, -0.05) is 0 Å². The van der Waals surface area contributed by atoms with Gasteiger partial charge in [-0.3, -0.25) is 4.79 Å². The minimum Gasteiger partial charge on any atom is -0.467 e. The van der Waals surface area contributed by atoms with Crippen LogP contribution in [0.2, 0.25) is 0 Å². The van der Waals surface area contributed by atoms with Crippen molar-refractivity contribution in [2.24, 2.45) is 0 Å². The van der Waals surface area contributed by atoms with Gasteiger partial charge in [0.15, 0.2) is 0 Å². The average molecular weight is 303 g/mol. The van der Waals surface area contributed by atoms with E-state index >= 15 is 0 Å². The number of nitrogens with one attached hydrogen (secondary N) is 1. The van der Waals surface area contributed by atoms with E-state index in [4.69, 9.17) is 9.52 Å². The molecule has 6 heteroatoms. The van der Waals surface area contributed by atoms with Crippen LogP contribution in [0.5, 0.6) is 0 Å². The molecule has 0 radical (unpaired) electrons. The van der Waals surface area contributed by atoms with Crippen LogP contribution in [-0.4, -0.2) is 35.1 Å². The molecule has 0 aromatic carbocycles. The zero-order valence-corrected chi connectivity index (χ0v) is 12.5. The van der Waals surface area contributed by atoms with Crippen LogP contribution >= 0.6 is 0 Å². The van der Waals surface area contributed by atoms with Crippen LogP contribution < -0.4 is 5.32 Å². The lowest BCUT2D eigenvalue weighted by atomic mass is 10.00. The van der Waals surface area contributed by atoms with Crippen molar-refractivity contribution in [2.75, 3.05) is 13.2 Å². The maximum absolute atomic E-state index is 12.1. The molecule has 0 bridgehead atoms. The number of rotatable bonds is 6. The zero-order chi connectivity index (χ0) is 15.8. The van der Waals surface area contributed by atoms with Crippen molar-refractivity contribution in [1.82, 2.24) is 10.2 Å². The molecule has 1 aromatic rings. The number of carbonyl (C=O) groups is 1. The summed E-state index contributed by atoms with van der Waals surface area (Å²) in [5.74, 6) is 0.231. The van der Waals surface area contributed by atoms with E-state index in [2.05, 4.69) is 5.32 Å². The van der Waals surface area contributed by atoms with Crippen LogP contribution in [0.15, 0.2) is 34.6 Å². The largest absolute Gasteiger partial charge is 0.467 e. The fraction of sp³-hybridized carbons (Fsp3) is 0.500. The quantitative estimate of drug-likeness (QED) is 0.614. The number of nitrogens with zero attached hydrogens (tertiary/aromatic N) is 2. The van der Waals surface area contributed by atoms with Crippen LogP contribution in [0.3, 0.4) is 0 Å². The number of hydrogen-bond acceptors (Lipinski definition) is 5. The first-order chi connectivity index (χ1) is 10.7. The molecule has 1 unspecified atom stereocenters. The molecular formula is C16H21N3O3. The van der Waals surface area contributed by atoms with E-state index in [0.29, 0.717) is 12.2 Å². The fourth-order valence-electron chi connectivity index (χ4n) is 2.63. The lowest BCUT2D eigenvalue weighted by Crippen LogP contribution is -2.37. The van der Waals surface area contributed by atoms with Crippen molar-refractivity contribution >= 4 is 5.91 Å². The summed E-state index contributed by atoms with van der Waals surface area (Å²) >= 11 is 0. The maximum Gasteiger partial charge on any atom is 0.263 e. The Labute approximate surface area is 130 Å². The number of nitriles is 1. The molecule has 1 fully saturated rings. The number of piperidine rings is 1. The molecule has 0 saturated carbocycles. The summed E-state index contributed by atoms with van der Waals surface area (Å²) < 4.78 is 5.14. The second-order valence-electron chi connectivity index (χ2n) is 5.32. The number of hydrogen-bond donors (Lipinski definition) is 2. The minimum atomic E-state index is -0.410. The first-order valence-corrected chi connectivity index (χ1v) is 7.53. The van der Waals surface area contributed by atoms with E-state index < -0.39 is 5.91 Å². The van der Waals surface area contributed by atoms with Crippen LogP contribution in [0.1, 0.15) is 31.4 Å². The Kier molecular flexibility index (Phi) is 6.04. The van der Waals surface area contributed by atoms with Gasteiger partial charge in [-0.15, -0.1) is 0 Å². The van der Waals surface area contributed by atoms with E-state index in [-0.39, 0.29) is 24.8 Å². The molecule has 1 aliphatic heterocycles. The van der Waals surface area contributed by atoms with Gasteiger partial charge in [0.25, 0.3) is 5.91 Å². The fourth-order valence-corrected chi connectivity index (χ4v) is 2.63. The molecule has 6 nitrogen and oxygen atoms in total. The Balaban J connectivity index is 1.98. The zero-order valence-electron chi connectivity index (χ0n) is 12.5. The third kappa shape index (κ3) is 4.37. The van der Waals surface area contributed by atoms with Crippen molar-refractivity contribution in [1.29, 1.82) is 5.26 Å². The van der Waals surface area contributed by atoms with E-state index in [9.17, 15) is 10.1 Å². The number of likely N-dealkylation sites (tertiary alicyclic amines) is 1. The number of furan rings is 1. The van der Waals surface area contributed by atoms with E-state index in [1.807, 2.05) is 11.0 Å². The summed E-state index contributed by atoms with van der Waals surface area (Å²) in [5, 5.41) is 21.0. The lowest BCUT2D eigenvalue weighted by molar-refractivity contribution is -0.117. The molecule has 118 valence electrons. The molecule has 22 heavy (non-hydrogen) atoms. The first kappa shape index (κ1) is 16.1. The molecule has 1 aliphatic rings. The Morgan fingerprint density at radius 2 is 2.45 bits per heavy atom. The second-order valence-corrected chi connectivity index (χ2v) is 5.32. The SMILES string of the molecule is N#C/C(=C/N1CCCCC1CCO)C(=O)NCc1ccco1. The van der Waals surface area contributed by atoms with Crippen LogP contribution in [0, 0.1) is 11.3 Å². The highest BCUT2D eigenvalue weighted by Gasteiger charge is 2.21. The molecule has 1 amide bonds. The van der Waals surface area contributed by atoms with Gasteiger partial charge in [0.05, 0.1) is 12.8 Å². The second kappa shape index (κ2) is 8.25. The van der Waals surface area contributed by atoms with Gasteiger partial charge in [-0.05, 0) is 37.8 Å². The third-order valence-electron chi connectivity index (χ3n) is 3.80. The predicted octanol–water partition coefficient (Wildman–Crippen LogP) is 1.54. The van der Waals surface area contributed by atoms with Gasteiger partial charge in [-0.25, -0.2) is 0 Å². The molecule has 1 saturated heterocycles. The molecule has 0 spiro atoms. The normalized spacial score (nSPS) is 18.8. The number of aliphatic hydroxyl groups is 1. The van der Waals surface area contributed by atoms with Gasteiger partial charge < -0.3 is 19.7 Å². The standard InChI is InChI=1S/C16H21N3O3/c17-10-13(16(21)18-11-15-5-3-9-22-15)12-19-7-2-1-4-14(19)6-8-20/h3,5,9,12,14,20H,1-2,4,6-8,11H2,(H,18,21)/b13-12-. The summed E-state index contributed by atoms with van der Waals surface area (Å²) in [6, 6.07) is 5.66. The number of carbonyl (C=O) groups excluding carboxylic acids is 1. The molecule has 1 aromatic heterocycles. The maximum atomic E-state index is 12.1. The molecule has 1 atom stereocenters. The van der Waals surface area contributed by atoms with Gasteiger partial charge in [0.1, 0.15) is 17.4 Å². The summed E-state index contributed by atoms with van der Waals surface area (Å²) in [6.07, 6.45) is 6.94. The molecule has 2 heterocycles. The summed E-state index contributed by atoms with van der Waals surface area (Å²) in [7, 11) is 0. The monoisotopic (exact) mass is 303 g/mol. The Hall–Kier alpha value is -2.26. The Morgan fingerprint density at radius 1 is 1.59 bits per heavy atom. The van der Waals surface area contributed by atoms with Crippen molar-refractivity contribution in [2.45, 2.75) is 38.3 Å². The summed E-state index contributed by atoms with van der Waals surface area (Å²) in [4.78, 5) is 14.1. The van der Waals surface area contributed by atoms with Crippen molar-refractivity contribution < 1.29 is 14.3 Å². The predicted molar refractivity (Wildman–Crippen MR) is 80.3 cm³/mol. The van der Waals surface area contributed by atoms with Crippen molar-refractivity contribution in [3.63, 3.8) is 0 Å². The molecule has 0 aliphatic carbocycles. The molecule has 2 rings (SSSR count). The van der Waals surface area contributed by atoms with E-state index in [1.165, 1.54) is 6.26 Å². The highest BCUT2D eigenvalue weighted by Crippen LogP contribution is 2.20. The van der Waals surface area contributed by atoms with Crippen molar-refractivity contribution in [3.8, 4) is 6.07 Å². The highest BCUT2D eigenvalue weighted by molar-refractivity contribution is 5.97. The van der Waals surface area contributed by atoms with Gasteiger partial charge in [-0.2, -0.15) is 5.26 Å². The first-order valence-electron chi connectivity index (χ1n) is 7.53. The van der Waals surface area contributed by atoms with Crippen LogP contribution in [0.4, 0.5) is 0 Å². The average Bonchev–Trinajstić information content (AvgIpc) is 3.05. The molecule has 2 N–H and O–H groups in total. The smallest absolute Gasteiger partial charge is 0.263 e. The van der Waals surface area contributed by atoms with E-state index in [1.54, 1.807) is 18.3 Å². The minimum absolute atomic E-state index is 0.0800.